The first-order valence-electron chi connectivity index (χ1n) is 8.00. The van der Waals surface area contributed by atoms with E-state index in [-0.39, 0.29) is 0 Å². The smallest absolute Gasteiger partial charge is 0.131 e. The Hall–Kier alpha value is -1.50. The molecule has 5 nitrogen and oxygen atoms in total. The van der Waals surface area contributed by atoms with E-state index in [1.807, 2.05) is 19.0 Å². The molecule has 0 amide bonds. The molecule has 0 bridgehead atoms. The molecule has 3 heterocycles. The van der Waals surface area contributed by atoms with Gasteiger partial charge in [-0.25, -0.2) is 9.97 Å². The lowest BCUT2D eigenvalue weighted by molar-refractivity contribution is 0.121. The lowest BCUT2D eigenvalue weighted by Crippen LogP contribution is -2.30. The van der Waals surface area contributed by atoms with Crippen LogP contribution in [-0.4, -0.2) is 55.3 Å². The first-order valence-corrected chi connectivity index (χ1v) is 8.94. The number of ether oxygens (including phenoxy) is 1. The van der Waals surface area contributed by atoms with Gasteiger partial charge in [-0.15, -0.1) is 0 Å². The van der Waals surface area contributed by atoms with Crippen LogP contribution in [0.25, 0.3) is 0 Å². The fourth-order valence-corrected chi connectivity index (χ4v) is 3.56. The number of aromatic nitrogens is 2. The summed E-state index contributed by atoms with van der Waals surface area (Å²) < 4.78 is 5.81. The van der Waals surface area contributed by atoms with E-state index in [2.05, 4.69) is 37.8 Å². The molecule has 0 saturated carbocycles. The van der Waals surface area contributed by atoms with Gasteiger partial charge in [0.25, 0.3) is 0 Å². The van der Waals surface area contributed by atoms with E-state index in [0.717, 1.165) is 50.8 Å². The highest BCUT2D eigenvalue weighted by molar-refractivity contribution is 7.07. The molecule has 1 fully saturated rings. The molecule has 0 radical (unpaired) electrons. The molecule has 23 heavy (non-hydrogen) atoms. The summed E-state index contributed by atoms with van der Waals surface area (Å²) in [6.45, 7) is 4.68. The molecule has 1 saturated heterocycles. The number of thiophene rings is 1. The Morgan fingerprint density at radius 1 is 1.39 bits per heavy atom. The van der Waals surface area contributed by atoms with Gasteiger partial charge >= 0.3 is 0 Å². The zero-order chi connectivity index (χ0) is 16.1. The van der Waals surface area contributed by atoms with Crippen LogP contribution in [0.1, 0.15) is 11.3 Å². The topological polar surface area (TPSA) is 41.5 Å². The second-order valence-electron chi connectivity index (χ2n) is 6.27. The van der Waals surface area contributed by atoms with Crippen molar-refractivity contribution in [1.82, 2.24) is 14.9 Å². The minimum absolute atomic E-state index is 0.473. The fourth-order valence-electron chi connectivity index (χ4n) is 2.90. The summed E-state index contributed by atoms with van der Waals surface area (Å²) in [5.74, 6) is 1.43. The lowest BCUT2D eigenvalue weighted by atomic mass is 10.0. The summed E-state index contributed by atoms with van der Waals surface area (Å²) in [5.41, 5.74) is 2.49. The summed E-state index contributed by atoms with van der Waals surface area (Å²) in [6, 6.07) is 4.29. The summed E-state index contributed by atoms with van der Waals surface area (Å²) in [6.07, 6.45) is 2.59. The number of anilines is 1. The SMILES string of the molecule is CN(C)c1cc(C[C@H]2COCCN(Cc3ccsc3)C2)ncn1. The van der Waals surface area contributed by atoms with Crippen LogP contribution in [0, 0.1) is 5.92 Å². The molecule has 0 spiro atoms. The van der Waals surface area contributed by atoms with Crippen molar-refractivity contribution in [1.29, 1.82) is 0 Å². The van der Waals surface area contributed by atoms with E-state index in [0.29, 0.717) is 5.92 Å². The van der Waals surface area contributed by atoms with Gasteiger partial charge in [0.15, 0.2) is 0 Å². The number of rotatable bonds is 5. The minimum atomic E-state index is 0.473. The van der Waals surface area contributed by atoms with Gasteiger partial charge < -0.3 is 9.64 Å². The highest BCUT2D eigenvalue weighted by Crippen LogP contribution is 2.17. The van der Waals surface area contributed by atoms with Crippen LogP contribution < -0.4 is 4.90 Å². The van der Waals surface area contributed by atoms with Gasteiger partial charge in [0, 0.05) is 51.4 Å². The molecule has 1 atom stereocenters. The van der Waals surface area contributed by atoms with E-state index in [9.17, 15) is 0 Å². The van der Waals surface area contributed by atoms with Crippen LogP contribution in [0.2, 0.25) is 0 Å². The van der Waals surface area contributed by atoms with Gasteiger partial charge in [-0.2, -0.15) is 11.3 Å². The maximum atomic E-state index is 5.81. The normalized spacial score (nSPS) is 19.5. The van der Waals surface area contributed by atoms with Crippen LogP contribution >= 0.6 is 11.3 Å². The van der Waals surface area contributed by atoms with Gasteiger partial charge in [-0.1, -0.05) is 0 Å². The van der Waals surface area contributed by atoms with Gasteiger partial charge in [0.05, 0.1) is 13.2 Å². The summed E-state index contributed by atoms with van der Waals surface area (Å²) >= 11 is 1.76. The highest BCUT2D eigenvalue weighted by Gasteiger charge is 2.20. The van der Waals surface area contributed by atoms with Crippen molar-refractivity contribution in [2.24, 2.45) is 5.92 Å². The van der Waals surface area contributed by atoms with E-state index < -0.39 is 0 Å². The molecule has 2 aromatic rings. The highest BCUT2D eigenvalue weighted by atomic mass is 32.1. The minimum Gasteiger partial charge on any atom is -0.380 e. The maximum Gasteiger partial charge on any atom is 0.131 e. The van der Waals surface area contributed by atoms with Crippen molar-refractivity contribution in [3.63, 3.8) is 0 Å². The number of nitrogens with zero attached hydrogens (tertiary/aromatic N) is 4. The molecule has 0 aliphatic carbocycles. The Bertz CT molecular complexity index is 602. The van der Waals surface area contributed by atoms with Crippen LogP contribution in [0.15, 0.2) is 29.2 Å². The first-order chi connectivity index (χ1) is 11.2. The molecular formula is C17H24N4OS. The van der Waals surface area contributed by atoms with Crippen molar-refractivity contribution in [2.45, 2.75) is 13.0 Å². The third kappa shape index (κ3) is 4.73. The summed E-state index contributed by atoms with van der Waals surface area (Å²) in [4.78, 5) is 13.2. The van der Waals surface area contributed by atoms with Crippen molar-refractivity contribution in [2.75, 3.05) is 45.3 Å². The number of hydrogen-bond acceptors (Lipinski definition) is 6. The fraction of sp³-hybridized carbons (Fsp3) is 0.529. The first kappa shape index (κ1) is 16.4. The van der Waals surface area contributed by atoms with E-state index in [1.165, 1.54) is 5.56 Å². The van der Waals surface area contributed by atoms with E-state index >= 15 is 0 Å². The predicted molar refractivity (Wildman–Crippen MR) is 94.0 cm³/mol. The second kappa shape index (κ2) is 7.86. The van der Waals surface area contributed by atoms with Crippen LogP contribution in [0.5, 0.6) is 0 Å². The Morgan fingerprint density at radius 2 is 2.30 bits per heavy atom. The second-order valence-corrected chi connectivity index (χ2v) is 7.05. The molecule has 0 aromatic carbocycles. The Kier molecular flexibility index (Phi) is 5.59. The molecule has 1 aliphatic rings. The maximum absolute atomic E-state index is 5.81. The zero-order valence-corrected chi connectivity index (χ0v) is 14.6. The van der Waals surface area contributed by atoms with Gasteiger partial charge in [-0.3, -0.25) is 4.90 Å². The third-order valence-electron chi connectivity index (χ3n) is 4.07. The molecule has 6 heteroatoms. The average Bonchev–Trinajstić information content (AvgIpc) is 2.94. The Labute approximate surface area is 141 Å². The molecule has 0 unspecified atom stereocenters. The molecule has 3 rings (SSSR count). The van der Waals surface area contributed by atoms with Crippen molar-refractivity contribution < 1.29 is 4.74 Å². The van der Waals surface area contributed by atoms with Gasteiger partial charge in [-0.05, 0) is 28.8 Å². The predicted octanol–water partition coefficient (Wildman–Crippen LogP) is 2.30. The van der Waals surface area contributed by atoms with Crippen molar-refractivity contribution in [3.05, 3.63) is 40.5 Å². The third-order valence-corrected chi connectivity index (χ3v) is 4.81. The standard InChI is InChI=1S/C17H24N4OS/c1-20(2)17-8-16(18-13-19-17)7-15-10-21(4-5-22-11-15)9-14-3-6-23-12-14/h3,6,8,12-13,15H,4-5,7,9-11H2,1-2H3/t15-/m1/s1. The monoisotopic (exact) mass is 332 g/mol. The van der Waals surface area contributed by atoms with Gasteiger partial charge in [0.1, 0.15) is 12.1 Å². The van der Waals surface area contributed by atoms with E-state index in [1.54, 1.807) is 17.7 Å². The van der Waals surface area contributed by atoms with E-state index in [4.69, 9.17) is 4.74 Å². The average molecular weight is 332 g/mol. The molecule has 1 aliphatic heterocycles. The van der Waals surface area contributed by atoms with Crippen molar-refractivity contribution in [3.8, 4) is 0 Å². The number of hydrogen-bond donors (Lipinski definition) is 0. The molecule has 124 valence electrons. The lowest BCUT2D eigenvalue weighted by Gasteiger charge is -2.23. The Morgan fingerprint density at radius 3 is 3.09 bits per heavy atom. The zero-order valence-electron chi connectivity index (χ0n) is 13.8. The largest absolute Gasteiger partial charge is 0.380 e. The van der Waals surface area contributed by atoms with Crippen LogP contribution in [-0.2, 0) is 17.7 Å². The summed E-state index contributed by atoms with van der Waals surface area (Å²) in [7, 11) is 4.01. The molecular weight excluding hydrogens is 308 g/mol. The molecule has 2 aromatic heterocycles. The van der Waals surface area contributed by atoms with Crippen molar-refractivity contribution >= 4 is 17.2 Å². The molecule has 0 N–H and O–H groups in total. The van der Waals surface area contributed by atoms with Crippen LogP contribution in [0.4, 0.5) is 5.82 Å². The van der Waals surface area contributed by atoms with Gasteiger partial charge in [0.2, 0.25) is 0 Å². The summed E-state index contributed by atoms with van der Waals surface area (Å²) in [5, 5.41) is 4.37. The van der Waals surface area contributed by atoms with Crippen LogP contribution in [0.3, 0.4) is 0 Å². The quantitative estimate of drug-likeness (QED) is 0.840. The Balaban J connectivity index is 1.63.